The zero-order valence-electron chi connectivity index (χ0n) is 25.1. The fourth-order valence-electron chi connectivity index (χ4n) is 4.12. The maximum atomic E-state index is 13.5. The smallest absolute Gasteiger partial charge is 0.308 e. The minimum absolute atomic E-state index is 0.0494. The minimum Gasteiger partial charge on any atom is -0.493 e. The molecule has 1 aromatic carbocycles. The second-order valence-electron chi connectivity index (χ2n) is 10.1. The largest absolute Gasteiger partial charge is 0.493 e. The third-order valence-corrected chi connectivity index (χ3v) is 6.51. The van der Waals surface area contributed by atoms with Gasteiger partial charge in [0.25, 0.3) is 5.91 Å². The van der Waals surface area contributed by atoms with E-state index in [2.05, 4.69) is 10.3 Å². The summed E-state index contributed by atoms with van der Waals surface area (Å²) in [6.45, 7) is 5.07. The van der Waals surface area contributed by atoms with Gasteiger partial charge in [-0.05, 0) is 12.0 Å². The highest BCUT2D eigenvalue weighted by Gasteiger charge is 2.40. The zero-order chi connectivity index (χ0) is 32.8. The number of aldehydes is 2. The Labute approximate surface area is 254 Å². The van der Waals surface area contributed by atoms with Crippen molar-refractivity contribution in [3.8, 4) is 11.5 Å². The molecule has 0 bridgehead atoms. The van der Waals surface area contributed by atoms with Crippen molar-refractivity contribution in [3.63, 3.8) is 0 Å². The molecule has 1 amide bonds. The van der Waals surface area contributed by atoms with Crippen LogP contribution in [0.15, 0.2) is 42.6 Å². The van der Waals surface area contributed by atoms with Crippen LogP contribution in [0.3, 0.4) is 0 Å². The molecular formula is C31H36N2O11. The van der Waals surface area contributed by atoms with Crippen molar-refractivity contribution in [1.82, 2.24) is 10.3 Å². The number of carbonyl (C=O) groups excluding carboxylic acids is 7. The van der Waals surface area contributed by atoms with Crippen LogP contribution in [0.25, 0.3) is 0 Å². The highest BCUT2D eigenvalue weighted by Crippen LogP contribution is 2.30. The van der Waals surface area contributed by atoms with Crippen LogP contribution in [0, 0.1) is 17.8 Å². The molecule has 4 unspecified atom stereocenters. The first-order chi connectivity index (χ1) is 20.9. The van der Waals surface area contributed by atoms with Crippen LogP contribution in [-0.2, 0) is 44.7 Å². The van der Waals surface area contributed by atoms with Crippen LogP contribution in [0.2, 0.25) is 0 Å². The van der Waals surface area contributed by atoms with Gasteiger partial charge in [0.2, 0.25) is 18.4 Å². The minimum atomic E-state index is -1.63. The number of nitrogens with zero attached hydrogens (tertiary/aromatic N) is 1. The Kier molecular flexibility index (Phi) is 13.8. The van der Waals surface area contributed by atoms with E-state index in [1.165, 1.54) is 26.3 Å². The summed E-state index contributed by atoms with van der Waals surface area (Å²) >= 11 is 0. The van der Waals surface area contributed by atoms with Crippen LogP contribution in [-0.4, -0.2) is 73.0 Å². The third-order valence-electron chi connectivity index (χ3n) is 6.51. The maximum absolute atomic E-state index is 13.5. The Morgan fingerprint density at radius 3 is 2.23 bits per heavy atom. The summed E-state index contributed by atoms with van der Waals surface area (Å²) in [5, 5.41) is 2.32. The molecule has 0 aliphatic rings. The second-order valence-corrected chi connectivity index (χ2v) is 10.1. The lowest BCUT2D eigenvalue weighted by Crippen LogP contribution is -2.49. The van der Waals surface area contributed by atoms with Gasteiger partial charge < -0.3 is 33.9 Å². The van der Waals surface area contributed by atoms with Gasteiger partial charge in [-0.3, -0.25) is 24.0 Å². The molecule has 2 rings (SSSR count). The van der Waals surface area contributed by atoms with E-state index in [0.29, 0.717) is 12.6 Å². The molecule has 0 spiro atoms. The Morgan fingerprint density at radius 1 is 0.977 bits per heavy atom. The van der Waals surface area contributed by atoms with E-state index in [4.69, 9.17) is 18.9 Å². The number of methoxy groups -OCH3 is 1. The highest BCUT2D eigenvalue weighted by atomic mass is 16.7. The van der Waals surface area contributed by atoms with Gasteiger partial charge in [0.1, 0.15) is 24.7 Å². The van der Waals surface area contributed by atoms with Crippen molar-refractivity contribution in [2.24, 2.45) is 17.8 Å². The van der Waals surface area contributed by atoms with Gasteiger partial charge in [-0.15, -0.1) is 0 Å². The topological polar surface area (TPSA) is 181 Å². The van der Waals surface area contributed by atoms with E-state index in [1.54, 1.807) is 44.2 Å². The van der Waals surface area contributed by atoms with Crippen LogP contribution in [0.4, 0.5) is 0 Å². The first-order valence-electron chi connectivity index (χ1n) is 13.8. The van der Waals surface area contributed by atoms with Gasteiger partial charge in [0.05, 0.1) is 24.9 Å². The van der Waals surface area contributed by atoms with Gasteiger partial charge >= 0.3 is 11.9 Å². The van der Waals surface area contributed by atoms with Gasteiger partial charge in [-0.2, -0.15) is 0 Å². The molecule has 2 aromatic rings. The van der Waals surface area contributed by atoms with Crippen LogP contribution >= 0.6 is 0 Å². The lowest BCUT2D eigenvalue weighted by atomic mass is 9.83. The van der Waals surface area contributed by atoms with E-state index < -0.39 is 72.5 Å². The number of ketones is 2. The molecule has 0 aliphatic carbocycles. The van der Waals surface area contributed by atoms with Crippen LogP contribution < -0.4 is 14.8 Å². The molecule has 236 valence electrons. The van der Waals surface area contributed by atoms with Crippen molar-refractivity contribution in [1.29, 1.82) is 0 Å². The Morgan fingerprint density at radius 2 is 1.66 bits per heavy atom. The van der Waals surface area contributed by atoms with E-state index >= 15 is 0 Å². The van der Waals surface area contributed by atoms with Crippen molar-refractivity contribution in [2.45, 2.75) is 52.7 Å². The second kappa shape index (κ2) is 17.2. The molecule has 13 nitrogen and oxygen atoms in total. The summed E-state index contributed by atoms with van der Waals surface area (Å²) in [6.07, 6.45) is 0.365. The predicted molar refractivity (Wildman–Crippen MR) is 154 cm³/mol. The van der Waals surface area contributed by atoms with Gasteiger partial charge in [-0.25, -0.2) is 4.98 Å². The van der Waals surface area contributed by atoms with Gasteiger partial charge in [-0.1, -0.05) is 51.1 Å². The quantitative estimate of drug-likeness (QED) is 0.112. The monoisotopic (exact) mass is 612 g/mol. The molecule has 0 fully saturated rings. The fraction of sp³-hybridized carbons (Fsp3) is 0.419. The van der Waals surface area contributed by atoms with Crippen molar-refractivity contribution in [3.05, 3.63) is 53.9 Å². The number of nitrogens with one attached hydrogen (secondary N) is 1. The number of aromatic nitrogens is 1. The lowest BCUT2D eigenvalue weighted by Gasteiger charge is -2.29. The van der Waals surface area contributed by atoms with E-state index in [-0.39, 0.29) is 23.6 Å². The zero-order valence-corrected chi connectivity index (χ0v) is 25.1. The number of Topliss-reactive ketones (excluding diaryl/α,β-unsaturated/α-hetero) is 2. The summed E-state index contributed by atoms with van der Waals surface area (Å²) in [7, 11) is 1.29. The summed E-state index contributed by atoms with van der Waals surface area (Å²) < 4.78 is 20.9. The number of amides is 1. The highest BCUT2D eigenvalue weighted by molar-refractivity contribution is 6.40. The van der Waals surface area contributed by atoms with E-state index in [0.717, 1.165) is 12.5 Å². The SMILES string of the molecule is COc1ccnc(C(=O)NC(CC=O)C(=O)C(=O)C(C)C(OC(=O)C(C)C)C(C=O)Cc2ccccc2)c1OCOC(C)=O. The standard InChI is InChI=1S/C31H36N2O11/c1-18(2)31(40)44-28(22(16-35)15-21-9-7-6-8-10-21)19(3)26(37)27(38)23(12-14-34)33-30(39)25-29(43-17-42-20(4)36)24(41-5)11-13-32-25/h6-11,13-14,16,18-19,22-23,28H,12,15,17H2,1-5H3,(H,33,39). The molecule has 0 aliphatic heterocycles. The number of pyridine rings is 1. The van der Waals surface area contributed by atoms with Gasteiger partial charge in [0, 0.05) is 25.6 Å². The lowest BCUT2D eigenvalue weighted by molar-refractivity contribution is -0.162. The summed E-state index contributed by atoms with van der Waals surface area (Å²) in [5.74, 6) is -7.60. The van der Waals surface area contributed by atoms with E-state index in [1.807, 2.05) is 0 Å². The number of ether oxygens (including phenoxy) is 4. The molecule has 13 heteroatoms. The summed E-state index contributed by atoms with van der Waals surface area (Å²) in [4.78, 5) is 91.4. The molecule has 4 atom stereocenters. The molecule has 0 saturated heterocycles. The summed E-state index contributed by atoms with van der Waals surface area (Å²) in [6, 6.07) is 8.59. The fourth-order valence-corrected chi connectivity index (χ4v) is 4.12. The van der Waals surface area contributed by atoms with Crippen molar-refractivity contribution in [2.75, 3.05) is 13.9 Å². The molecular weight excluding hydrogens is 576 g/mol. The molecule has 0 saturated carbocycles. The Bertz CT molecular complexity index is 1340. The molecule has 1 N–H and O–H groups in total. The number of hydrogen-bond donors (Lipinski definition) is 1. The Balaban J connectivity index is 2.35. The van der Waals surface area contributed by atoms with Crippen molar-refractivity contribution < 1.29 is 52.5 Å². The van der Waals surface area contributed by atoms with Crippen LogP contribution in [0.5, 0.6) is 11.5 Å². The van der Waals surface area contributed by atoms with Crippen molar-refractivity contribution >= 4 is 42.0 Å². The number of hydrogen-bond acceptors (Lipinski definition) is 12. The summed E-state index contributed by atoms with van der Waals surface area (Å²) in [5.41, 5.74) is 0.359. The first-order valence-corrected chi connectivity index (χ1v) is 13.8. The Hall–Kier alpha value is -4.94. The number of esters is 2. The predicted octanol–water partition coefficient (Wildman–Crippen LogP) is 2.08. The average Bonchev–Trinajstić information content (AvgIpc) is 3.01. The maximum Gasteiger partial charge on any atom is 0.308 e. The molecule has 1 aromatic heterocycles. The number of carbonyl (C=O) groups is 7. The molecule has 1 heterocycles. The van der Waals surface area contributed by atoms with Gasteiger partial charge in [0.15, 0.2) is 17.2 Å². The number of benzene rings is 1. The third kappa shape index (κ3) is 9.82. The number of rotatable bonds is 18. The first kappa shape index (κ1) is 35.3. The van der Waals surface area contributed by atoms with Crippen LogP contribution in [0.1, 0.15) is 50.2 Å². The van der Waals surface area contributed by atoms with E-state index in [9.17, 15) is 33.6 Å². The molecule has 0 radical (unpaired) electrons. The average molecular weight is 613 g/mol. The molecule has 44 heavy (non-hydrogen) atoms. The normalized spacial score (nSPS) is 13.4.